The SMILES string of the molecule is CC(C)(NS(C)(=O)=O)C(=O)NCC1CCCN1. The summed E-state index contributed by atoms with van der Waals surface area (Å²) in [6.45, 7) is 4.61. The van der Waals surface area contributed by atoms with Crippen molar-refractivity contribution < 1.29 is 13.2 Å². The van der Waals surface area contributed by atoms with Gasteiger partial charge in [0, 0.05) is 12.6 Å². The van der Waals surface area contributed by atoms with Gasteiger partial charge in [0.15, 0.2) is 0 Å². The Morgan fingerprint density at radius 3 is 2.59 bits per heavy atom. The zero-order chi connectivity index (χ0) is 13.1. The van der Waals surface area contributed by atoms with Crippen molar-refractivity contribution in [3.05, 3.63) is 0 Å². The smallest absolute Gasteiger partial charge is 0.240 e. The highest BCUT2D eigenvalue weighted by molar-refractivity contribution is 7.88. The van der Waals surface area contributed by atoms with Gasteiger partial charge < -0.3 is 10.6 Å². The van der Waals surface area contributed by atoms with Gasteiger partial charge in [0.05, 0.1) is 6.26 Å². The van der Waals surface area contributed by atoms with Crippen molar-refractivity contribution in [2.45, 2.75) is 38.3 Å². The Kier molecular flexibility index (Phi) is 4.51. The second kappa shape index (κ2) is 5.32. The maximum atomic E-state index is 11.8. The standard InChI is InChI=1S/C10H21N3O3S/c1-10(2,13-17(3,15)16)9(14)12-7-8-5-4-6-11-8/h8,11,13H,4-7H2,1-3H3,(H,12,14). The molecule has 3 N–H and O–H groups in total. The van der Waals surface area contributed by atoms with Gasteiger partial charge >= 0.3 is 0 Å². The molecule has 0 saturated carbocycles. The van der Waals surface area contributed by atoms with E-state index in [9.17, 15) is 13.2 Å². The average Bonchev–Trinajstić information content (AvgIpc) is 2.62. The quantitative estimate of drug-likeness (QED) is 0.605. The van der Waals surface area contributed by atoms with Crippen molar-refractivity contribution >= 4 is 15.9 Å². The van der Waals surface area contributed by atoms with Gasteiger partial charge in [0.1, 0.15) is 5.54 Å². The van der Waals surface area contributed by atoms with Crippen LogP contribution >= 0.6 is 0 Å². The molecule has 0 spiro atoms. The molecule has 17 heavy (non-hydrogen) atoms. The van der Waals surface area contributed by atoms with Gasteiger partial charge in [0.25, 0.3) is 0 Å². The number of hydrogen-bond donors (Lipinski definition) is 3. The first-order chi connectivity index (χ1) is 7.71. The zero-order valence-corrected chi connectivity index (χ0v) is 11.4. The van der Waals surface area contributed by atoms with E-state index in [0.717, 1.165) is 25.6 Å². The minimum absolute atomic E-state index is 0.299. The highest BCUT2D eigenvalue weighted by atomic mass is 32.2. The van der Waals surface area contributed by atoms with Crippen LogP contribution in [0.3, 0.4) is 0 Å². The molecule has 1 aliphatic heterocycles. The summed E-state index contributed by atoms with van der Waals surface area (Å²) in [4.78, 5) is 11.8. The summed E-state index contributed by atoms with van der Waals surface area (Å²) < 4.78 is 24.5. The maximum absolute atomic E-state index is 11.8. The number of rotatable bonds is 5. The molecule has 1 fully saturated rings. The molecule has 1 heterocycles. The van der Waals surface area contributed by atoms with E-state index < -0.39 is 15.6 Å². The predicted octanol–water partition coefficient (Wildman–Crippen LogP) is -0.818. The Balaban J connectivity index is 2.44. The Morgan fingerprint density at radius 1 is 1.47 bits per heavy atom. The molecule has 0 bridgehead atoms. The number of sulfonamides is 1. The Bertz CT molecular complexity index is 372. The van der Waals surface area contributed by atoms with Gasteiger partial charge in [-0.15, -0.1) is 0 Å². The van der Waals surface area contributed by atoms with E-state index in [2.05, 4.69) is 15.4 Å². The van der Waals surface area contributed by atoms with Gasteiger partial charge in [-0.2, -0.15) is 0 Å². The molecule has 1 unspecified atom stereocenters. The topological polar surface area (TPSA) is 87.3 Å². The van der Waals surface area contributed by atoms with Crippen molar-refractivity contribution in [3.63, 3.8) is 0 Å². The van der Waals surface area contributed by atoms with Crippen molar-refractivity contribution in [2.24, 2.45) is 0 Å². The van der Waals surface area contributed by atoms with Gasteiger partial charge in [-0.25, -0.2) is 13.1 Å². The first kappa shape index (κ1) is 14.4. The third-order valence-electron chi connectivity index (χ3n) is 2.68. The number of carbonyl (C=O) groups is 1. The molecule has 1 atom stereocenters. The van der Waals surface area contributed by atoms with Gasteiger partial charge in [0.2, 0.25) is 15.9 Å². The van der Waals surface area contributed by atoms with E-state index in [4.69, 9.17) is 0 Å². The molecule has 1 amide bonds. The number of hydrogen-bond acceptors (Lipinski definition) is 4. The molecule has 7 heteroatoms. The van der Waals surface area contributed by atoms with Gasteiger partial charge in [-0.05, 0) is 33.2 Å². The lowest BCUT2D eigenvalue weighted by atomic mass is 10.1. The van der Waals surface area contributed by atoms with Crippen LogP contribution < -0.4 is 15.4 Å². The zero-order valence-electron chi connectivity index (χ0n) is 10.5. The molecule has 1 aliphatic rings. The van der Waals surface area contributed by atoms with Crippen LogP contribution in [-0.4, -0.2) is 45.3 Å². The van der Waals surface area contributed by atoms with Crippen molar-refractivity contribution in [2.75, 3.05) is 19.3 Å². The summed E-state index contributed by atoms with van der Waals surface area (Å²) in [5.74, 6) is -0.309. The summed E-state index contributed by atoms with van der Waals surface area (Å²) in [6, 6.07) is 0.299. The van der Waals surface area contributed by atoms with Crippen LogP contribution in [0.4, 0.5) is 0 Å². The lowest BCUT2D eigenvalue weighted by Gasteiger charge is -2.24. The first-order valence-corrected chi connectivity index (χ1v) is 7.60. The van der Waals surface area contributed by atoms with Crippen LogP contribution in [0.5, 0.6) is 0 Å². The molecular formula is C10H21N3O3S. The second-order valence-corrected chi connectivity index (χ2v) is 6.75. The third kappa shape index (κ3) is 5.01. The van der Waals surface area contributed by atoms with Crippen LogP contribution in [0.15, 0.2) is 0 Å². The molecule has 0 aromatic heterocycles. The molecule has 0 radical (unpaired) electrons. The molecule has 0 aliphatic carbocycles. The fourth-order valence-corrected chi connectivity index (χ4v) is 2.90. The second-order valence-electron chi connectivity index (χ2n) is 5.00. The molecule has 0 aromatic rings. The third-order valence-corrected chi connectivity index (χ3v) is 3.56. The van der Waals surface area contributed by atoms with Crippen molar-refractivity contribution in [1.82, 2.24) is 15.4 Å². The minimum atomic E-state index is -3.39. The van der Waals surface area contributed by atoms with Crippen LogP contribution in [-0.2, 0) is 14.8 Å². The largest absolute Gasteiger partial charge is 0.353 e. The molecular weight excluding hydrogens is 242 g/mol. The number of carbonyl (C=O) groups excluding carboxylic acids is 1. The lowest BCUT2D eigenvalue weighted by molar-refractivity contribution is -0.125. The van der Waals surface area contributed by atoms with E-state index in [1.807, 2.05) is 0 Å². The van der Waals surface area contributed by atoms with Crippen molar-refractivity contribution in [1.29, 1.82) is 0 Å². The Hall–Kier alpha value is -0.660. The fraction of sp³-hybridized carbons (Fsp3) is 0.900. The highest BCUT2D eigenvalue weighted by Crippen LogP contribution is 2.06. The summed E-state index contributed by atoms with van der Waals surface area (Å²) in [7, 11) is -3.39. The predicted molar refractivity (Wildman–Crippen MR) is 66.1 cm³/mol. The van der Waals surface area contributed by atoms with E-state index in [0.29, 0.717) is 12.6 Å². The minimum Gasteiger partial charge on any atom is -0.353 e. The molecule has 100 valence electrons. The molecule has 1 saturated heterocycles. The summed E-state index contributed by atoms with van der Waals surface area (Å²) in [5, 5.41) is 6.02. The Morgan fingerprint density at radius 2 is 2.12 bits per heavy atom. The van der Waals surface area contributed by atoms with Crippen LogP contribution in [0.2, 0.25) is 0 Å². The van der Waals surface area contributed by atoms with E-state index in [1.165, 1.54) is 0 Å². The summed E-state index contributed by atoms with van der Waals surface area (Å²) in [6.07, 6.45) is 3.20. The highest BCUT2D eigenvalue weighted by Gasteiger charge is 2.31. The number of amides is 1. The molecule has 1 rings (SSSR count). The summed E-state index contributed by atoms with van der Waals surface area (Å²) >= 11 is 0. The maximum Gasteiger partial charge on any atom is 0.240 e. The van der Waals surface area contributed by atoms with E-state index >= 15 is 0 Å². The molecule has 0 aromatic carbocycles. The van der Waals surface area contributed by atoms with E-state index in [1.54, 1.807) is 13.8 Å². The van der Waals surface area contributed by atoms with Crippen molar-refractivity contribution in [3.8, 4) is 0 Å². The number of nitrogens with one attached hydrogen (secondary N) is 3. The monoisotopic (exact) mass is 263 g/mol. The average molecular weight is 263 g/mol. The Labute approximate surface area is 103 Å². The molecule has 6 nitrogen and oxygen atoms in total. The van der Waals surface area contributed by atoms with Crippen LogP contribution in [0.1, 0.15) is 26.7 Å². The fourth-order valence-electron chi connectivity index (χ4n) is 1.88. The lowest BCUT2D eigenvalue weighted by Crippen LogP contribution is -2.55. The van der Waals surface area contributed by atoms with Crippen LogP contribution in [0.25, 0.3) is 0 Å². The van der Waals surface area contributed by atoms with Gasteiger partial charge in [-0.3, -0.25) is 4.79 Å². The van der Waals surface area contributed by atoms with Crippen LogP contribution in [0, 0.1) is 0 Å². The van der Waals surface area contributed by atoms with E-state index in [-0.39, 0.29) is 5.91 Å². The first-order valence-electron chi connectivity index (χ1n) is 5.71. The van der Waals surface area contributed by atoms with Gasteiger partial charge in [-0.1, -0.05) is 0 Å². The normalized spacial score (nSPS) is 21.5. The summed E-state index contributed by atoms with van der Waals surface area (Å²) in [5.41, 5.74) is -1.12.